The molecule has 1 saturated heterocycles. The minimum Gasteiger partial charge on any atom is -0.379 e. The molecule has 3 aromatic carbocycles. The summed E-state index contributed by atoms with van der Waals surface area (Å²) < 4.78 is 30.3. The quantitative estimate of drug-likeness (QED) is 0.322. The molecule has 4 rings (SSSR count). The van der Waals surface area contributed by atoms with Crippen molar-refractivity contribution in [3.05, 3.63) is 99.4 Å². The van der Waals surface area contributed by atoms with Crippen molar-refractivity contribution in [1.29, 1.82) is 0 Å². The van der Waals surface area contributed by atoms with E-state index in [-0.39, 0.29) is 27.3 Å². The van der Waals surface area contributed by atoms with E-state index in [0.717, 1.165) is 22.9 Å². The van der Waals surface area contributed by atoms with Gasteiger partial charge in [0.05, 0.1) is 11.4 Å². The van der Waals surface area contributed by atoms with Crippen LogP contribution in [0.4, 0.5) is 4.79 Å². The van der Waals surface area contributed by atoms with Crippen molar-refractivity contribution >= 4 is 50.7 Å². The van der Waals surface area contributed by atoms with E-state index in [1.807, 2.05) is 31.2 Å². The fourth-order valence-electron chi connectivity index (χ4n) is 3.21. The van der Waals surface area contributed by atoms with Crippen molar-refractivity contribution in [1.82, 2.24) is 4.90 Å². The summed E-state index contributed by atoms with van der Waals surface area (Å²) in [7, 11) is -4.05. The van der Waals surface area contributed by atoms with Gasteiger partial charge in [-0.3, -0.25) is 14.5 Å². The minimum absolute atomic E-state index is 0.0328. The van der Waals surface area contributed by atoms with Crippen LogP contribution in [-0.4, -0.2) is 24.5 Å². The summed E-state index contributed by atoms with van der Waals surface area (Å²) >= 11 is 6.65. The molecule has 2 amide bonds. The van der Waals surface area contributed by atoms with Gasteiger partial charge in [0.2, 0.25) is 0 Å². The second-order valence-corrected chi connectivity index (χ2v) is 10.3. The molecule has 0 aliphatic carbocycles. The number of imide groups is 1. The summed E-state index contributed by atoms with van der Waals surface area (Å²) in [5.41, 5.74) is 2.43. The fraction of sp³-hybridized carbons (Fsp3) is 0.0833. The Labute approximate surface area is 200 Å². The fourth-order valence-corrected chi connectivity index (χ4v) is 5.10. The van der Waals surface area contributed by atoms with Crippen molar-refractivity contribution in [2.45, 2.75) is 18.4 Å². The van der Waals surface area contributed by atoms with Crippen LogP contribution in [0.5, 0.6) is 5.75 Å². The molecule has 0 spiro atoms. The van der Waals surface area contributed by atoms with Gasteiger partial charge in [-0.25, -0.2) is 0 Å². The Hall–Kier alpha value is -3.07. The van der Waals surface area contributed by atoms with Crippen LogP contribution in [0.15, 0.2) is 82.6 Å². The lowest BCUT2D eigenvalue weighted by atomic mass is 10.1. The normalized spacial score (nSPS) is 15.3. The number of hydrogen-bond donors (Lipinski definition) is 0. The van der Waals surface area contributed by atoms with Crippen LogP contribution in [0, 0.1) is 6.92 Å². The standard InChI is InChI=1S/C24H18ClNO5S2/c1-16-4-2-6-18(12-16)15-26-23(27)22(32-24(26)28)14-17-5-3-7-20(13-17)31-33(29,30)21-10-8-19(25)9-11-21/h2-14H,15H2,1H3/b22-14-. The molecule has 0 saturated carbocycles. The molecule has 0 unspecified atom stereocenters. The molecular formula is C24H18ClNO5S2. The molecule has 1 heterocycles. The van der Waals surface area contributed by atoms with E-state index in [1.54, 1.807) is 18.2 Å². The Bertz CT molecular complexity index is 1370. The number of aryl methyl sites for hydroxylation is 1. The molecule has 33 heavy (non-hydrogen) atoms. The number of carbonyl (C=O) groups is 2. The number of halogens is 1. The van der Waals surface area contributed by atoms with Gasteiger partial charge in [-0.15, -0.1) is 0 Å². The zero-order chi connectivity index (χ0) is 23.6. The number of nitrogens with zero attached hydrogens (tertiary/aromatic N) is 1. The number of rotatable bonds is 6. The lowest BCUT2D eigenvalue weighted by Gasteiger charge is -2.12. The van der Waals surface area contributed by atoms with Crippen LogP contribution in [0.3, 0.4) is 0 Å². The van der Waals surface area contributed by atoms with Gasteiger partial charge in [-0.1, -0.05) is 53.6 Å². The van der Waals surface area contributed by atoms with Gasteiger partial charge < -0.3 is 4.18 Å². The number of carbonyl (C=O) groups excluding carboxylic acids is 2. The summed E-state index contributed by atoms with van der Waals surface area (Å²) in [6.07, 6.45) is 1.54. The molecule has 0 bridgehead atoms. The zero-order valence-electron chi connectivity index (χ0n) is 17.4. The maximum atomic E-state index is 12.8. The van der Waals surface area contributed by atoms with Crippen LogP contribution in [0.2, 0.25) is 5.02 Å². The maximum Gasteiger partial charge on any atom is 0.339 e. The van der Waals surface area contributed by atoms with Crippen LogP contribution >= 0.6 is 23.4 Å². The van der Waals surface area contributed by atoms with Gasteiger partial charge in [0, 0.05) is 5.02 Å². The van der Waals surface area contributed by atoms with E-state index >= 15 is 0 Å². The predicted molar refractivity (Wildman–Crippen MR) is 128 cm³/mol. The predicted octanol–water partition coefficient (Wildman–Crippen LogP) is 5.65. The first kappa shape index (κ1) is 23.1. The summed E-state index contributed by atoms with van der Waals surface area (Å²) in [4.78, 5) is 26.7. The third kappa shape index (κ3) is 5.47. The third-order valence-corrected chi connectivity index (χ3v) is 7.18. The summed E-state index contributed by atoms with van der Waals surface area (Å²) in [5, 5.41) is 0.0535. The van der Waals surface area contributed by atoms with E-state index in [0.29, 0.717) is 10.6 Å². The largest absolute Gasteiger partial charge is 0.379 e. The van der Waals surface area contributed by atoms with Gasteiger partial charge in [-0.2, -0.15) is 8.42 Å². The molecule has 9 heteroatoms. The Morgan fingerprint density at radius 2 is 1.73 bits per heavy atom. The highest BCUT2D eigenvalue weighted by Gasteiger charge is 2.35. The van der Waals surface area contributed by atoms with Crippen molar-refractivity contribution in [3.8, 4) is 5.75 Å². The number of thioether (sulfide) groups is 1. The SMILES string of the molecule is Cc1cccc(CN2C(=O)S/C(=C\c3cccc(OS(=O)(=O)c4ccc(Cl)cc4)c3)C2=O)c1. The number of amides is 2. The Balaban J connectivity index is 1.52. The average molecular weight is 500 g/mol. The van der Waals surface area contributed by atoms with Crippen molar-refractivity contribution in [2.75, 3.05) is 0 Å². The molecule has 168 valence electrons. The number of hydrogen-bond acceptors (Lipinski definition) is 6. The minimum atomic E-state index is -4.05. The maximum absolute atomic E-state index is 12.8. The first-order valence-electron chi connectivity index (χ1n) is 9.82. The summed E-state index contributed by atoms with van der Waals surface area (Å²) in [6.45, 7) is 2.13. The van der Waals surface area contributed by atoms with E-state index in [1.165, 1.54) is 41.3 Å². The lowest BCUT2D eigenvalue weighted by Crippen LogP contribution is -2.27. The number of benzene rings is 3. The Morgan fingerprint density at radius 3 is 2.45 bits per heavy atom. The second-order valence-electron chi connectivity index (χ2n) is 7.32. The van der Waals surface area contributed by atoms with Crippen molar-refractivity contribution in [2.24, 2.45) is 0 Å². The first-order chi connectivity index (χ1) is 15.7. The van der Waals surface area contributed by atoms with E-state index in [4.69, 9.17) is 15.8 Å². The monoisotopic (exact) mass is 499 g/mol. The highest BCUT2D eigenvalue weighted by atomic mass is 35.5. The Kier molecular flexibility index (Phi) is 6.60. The summed E-state index contributed by atoms with van der Waals surface area (Å²) in [5.74, 6) is -0.315. The molecule has 3 aromatic rings. The van der Waals surface area contributed by atoms with Crippen LogP contribution in [0.25, 0.3) is 6.08 Å². The van der Waals surface area contributed by atoms with Gasteiger partial charge in [0.15, 0.2) is 0 Å². The van der Waals surface area contributed by atoms with Crippen molar-refractivity contribution < 1.29 is 22.2 Å². The van der Waals surface area contributed by atoms with Crippen LogP contribution in [0.1, 0.15) is 16.7 Å². The smallest absolute Gasteiger partial charge is 0.339 e. The van der Waals surface area contributed by atoms with E-state index < -0.39 is 16.0 Å². The molecule has 0 radical (unpaired) electrons. The second kappa shape index (κ2) is 9.43. The molecule has 0 atom stereocenters. The van der Waals surface area contributed by atoms with Crippen LogP contribution in [-0.2, 0) is 21.5 Å². The van der Waals surface area contributed by atoms with E-state index in [9.17, 15) is 18.0 Å². The molecular weight excluding hydrogens is 482 g/mol. The van der Waals surface area contributed by atoms with Crippen molar-refractivity contribution in [3.63, 3.8) is 0 Å². The lowest BCUT2D eigenvalue weighted by molar-refractivity contribution is -0.123. The average Bonchev–Trinajstić information content (AvgIpc) is 3.01. The topological polar surface area (TPSA) is 80.8 Å². The zero-order valence-corrected chi connectivity index (χ0v) is 19.8. The molecule has 1 fully saturated rings. The molecule has 0 aromatic heterocycles. The third-order valence-electron chi connectivity index (χ3n) is 4.76. The Morgan fingerprint density at radius 1 is 1.00 bits per heavy atom. The molecule has 1 aliphatic heterocycles. The van der Waals surface area contributed by atoms with Crippen LogP contribution < -0.4 is 4.18 Å². The van der Waals surface area contributed by atoms with Gasteiger partial charge >= 0.3 is 10.1 Å². The molecule has 1 aliphatic rings. The van der Waals surface area contributed by atoms with Gasteiger partial charge in [0.1, 0.15) is 10.6 Å². The van der Waals surface area contributed by atoms with Gasteiger partial charge in [0.25, 0.3) is 11.1 Å². The highest BCUT2D eigenvalue weighted by Crippen LogP contribution is 2.34. The summed E-state index contributed by atoms with van der Waals surface area (Å²) in [6, 6.07) is 19.5. The first-order valence-corrected chi connectivity index (χ1v) is 12.4. The molecule has 6 nitrogen and oxygen atoms in total. The van der Waals surface area contributed by atoms with Gasteiger partial charge in [-0.05, 0) is 72.3 Å². The van der Waals surface area contributed by atoms with E-state index in [2.05, 4.69) is 0 Å². The molecule has 0 N–H and O–H groups in total. The highest BCUT2D eigenvalue weighted by molar-refractivity contribution is 8.18.